The number of benzene rings is 1. The highest BCUT2D eigenvalue weighted by Gasteiger charge is 2.36. The summed E-state index contributed by atoms with van der Waals surface area (Å²) in [6, 6.07) is 4.43. The summed E-state index contributed by atoms with van der Waals surface area (Å²) in [4.78, 5) is 0. The van der Waals surface area contributed by atoms with Gasteiger partial charge in [-0.2, -0.15) is 0 Å². The lowest BCUT2D eigenvalue weighted by Crippen LogP contribution is -2.59. The molecule has 0 radical (unpaired) electrons. The van der Waals surface area contributed by atoms with Crippen LogP contribution in [0.3, 0.4) is 0 Å². The molecule has 1 aromatic carbocycles. The molecule has 0 unspecified atom stereocenters. The molecule has 21 heavy (non-hydrogen) atoms. The zero-order valence-electron chi connectivity index (χ0n) is 15.0. The first-order valence-corrected chi connectivity index (χ1v) is 15.3. The molecule has 120 valence electrons. The fraction of sp³-hybridized carbons (Fsp3) is 0.625. The molecule has 0 amide bonds. The highest BCUT2D eigenvalue weighted by Crippen LogP contribution is 2.39. The number of halogens is 1. The molecule has 0 heterocycles. The second kappa shape index (κ2) is 6.46. The number of hydrogen-bond donors (Lipinski definition) is 0. The van der Waals surface area contributed by atoms with Gasteiger partial charge in [-0.3, -0.25) is 0 Å². The van der Waals surface area contributed by atoms with Gasteiger partial charge in [0.05, 0.1) is 11.8 Å². The first-order valence-electron chi connectivity index (χ1n) is 7.61. The Morgan fingerprint density at radius 1 is 1.00 bits per heavy atom. The Bertz CT molecular complexity index is 490. The van der Waals surface area contributed by atoms with Crippen molar-refractivity contribution in [3.05, 3.63) is 22.2 Å². The van der Waals surface area contributed by atoms with E-state index in [1.54, 1.807) is 0 Å². The Labute approximate surface area is 141 Å². The van der Waals surface area contributed by atoms with E-state index in [1.807, 2.05) is 0 Å². The predicted octanol–water partition coefficient (Wildman–Crippen LogP) is 6.02. The molecule has 0 bridgehead atoms. The molecule has 0 aliphatic carbocycles. The van der Waals surface area contributed by atoms with Gasteiger partial charge < -0.3 is 8.97 Å². The molecule has 5 heteroatoms. The first kappa shape index (κ1) is 18.8. The molecule has 0 atom stereocenters. The quantitative estimate of drug-likeness (QED) is 0.572. The van der Waals surface area contributed by atoms with Crippen LogP contribution in [0, 0.1) is 6.92 Å². The zero-order chi connectivity index (χ0) is 16.6. The van der Waals surface area contributed by atoms with Crippen molar-refractivity contribution in [1.29, 1.82) is 0 Å². The molecule has 0 N–H and O–H groups in total. The van der Waals surface area contributed by atoms with Gasteiger partial charge in [0.2, 0.25) is 0 Å². The van der Waals surface area contributed by atoms with E-state index in [2.05, 4.69) is 92.3 Å². The van der Waals surface area contributed by atoms with E-state index >= 15 is 0 Å². The fourth-order valence-corrected chi connectivity index (χ4v) is 13.1. The molecule has 0 saturated carbocycles. The molecular formula is C16H30BrNOSi2. The third kappa shape index (κ3) is 4.86. The van der Waals surface area contributed by atoms with Crippen molar-refractivity contribution in [2.24, 2.45) is 0 Å². The van der Waals surface area contributed by atoms with Crippen molar-refractivity contribution >= 4 is 38.1 Å². The third-order valence-electron chi connectivity index (χ3n) is 3.19. The van der Waals surface area contributed by atoms with E-state index in [0.29, 0.717) is 0 Å². The lowest BCUT2D eigenvalue weighted by atomic mass is 10.2. The van der Waals surface area contributed by atoms with Gasteiger partial charge in [0, 0.05) is 4.47 Å². The maximum Gasteiger partial charge on any atom is 0.142 e. The Morgan fingerprint density at radius 3 is 1.86 bits per heavy atom. The third-order valence-corrected chi connectivity index (χ3v) is 11.2. The maximum absolute atomic E-state index is 6.13. The minimum atomic E-state index is -1.49. The van der Waals surface area contributed by atoms with Crippen LogP contribution in [0.5, 0.6) is 5.75 Å². The lowest BCUT2D eigenvalue weighted by Gasteiger charge is -2.46. The van der Waals surface area contributed by atoms with Crippen LogP contribution in [-0.2, 0) is 0 Å². The van der Waals surface area contributed by atoms with Gasteiger partial charge in [0.1, 0.15) is 22.2 Å². The smallest absolute Gasteiger partial charge is 0.142 e. The van der Waals surface area contributed by atoms with Crippen molar-refractivity contribution in [2.45, 2.75) is 66.2 Å². The number of aryl methyl sites for hydroxylation is 1. The summed E-state index contributed by atoms with van der Waals surface area (Å²) in [5.41, 5.74) is 2.55. The molecule has 0 fully saturated rings. The zero-order valence-corrected chi connectivity index (χ0v) is 18.6. The summed E-state index contributed by atoms with van der Waals surface area (Å²) in [6.45, 7) is 20.8. The van der Waals surface area contributed by atoms with Gasteiger partial charge in [-0.15, -0.1) is 0 Å². The molecule has 0 spiro atoms. The van der Waals surface area contributed by atoms with Crippen LogP contribution >= 0.6 is 15.9 Å². The summed E-state index contributed by atoms with van der Waals surface area (Å²) in [6.07, 6.45) is 0.184. The molecule has 0 aromatic heterocycles. The van der Waals surface area contributed by atoms with Crippen LogP contribution in [0.4, 0.5) is 5.69 Å². The van der Waals surface area contributed by atoms with E-state index in [-0.39, 0.29) is 6.10 Å². The summed E-state index contributed by atoms with van der Waals surface area (Å²) in [7, 11) is -2.97. The van der Waals surface area contributed by atoms with Crippen LogP contribution in [0.2, 0.25) is 39.3 Å². The Kier molecular flexibility index (Phi) is 5.78. The van der Waals surface area contributed by atoms with Gasteiger partial charge in [0.15, 0.2) is 0 Å². The largest absolute Gasteiger partial charge is 0.489 e. The van der Waals surface area contributed by atoms with Crippen molar-refractivity contribution in [2.75, 3.05) is 4.23 Å². The minimum absolute atomic E-state index is 0.184. The number of anilines is 1. The minimum Gasteiger partial charge on any atom is -0.489 e. The Hall–Kier alpha value is -0.266. The van der Waals surface area contributed by atoms with Crippen molar-refractivity contribution in [1.82, 2.24) is 0 Å². The highest BCUT2D eigenvalue weighted by molar-refractivity contribution is 9.10. The SMILES string of the molecule is Cc1cc(N([Si](C)(C)C)[Si](C)(C)C)c(OC(C)C)cc1Br. The second-order valence-corrected chi connectivity index (χ2v) is 18.8. The predicted molar refractivity (Wildman–Crippen MR) is 104 cm³/mol. The Balaban J connectivity index is 3.53. The molecule has 0 aliphatic heterocycles. The van der Waals surface area contributed by atoms with Gasteiger partial charge in [0.25, 0.3) is 0 Å². The topological polar surface area (TPSA) is 12.5 Å². The van der Waals surface area contributed by atoms with Crippen LogP contribution in [0.1, 0.15) is 19.4 Å². The second-order valence-electron chi connectivity index (χ2n) is 7.91. The average molecular weight is 388 g/mol. The summed E-state index contributed by atoms with van der Waals surface area (Å²) >= 11 is 3.64. The first-order chi connectivity index (χ1) is 9.34. The van der Waals surface area contributed by atoms with Gasteiger partial charge >= 0.3 is 0 Å². The molecular weight excluding hydrogens is 358 g/mol. The average Bonchev–Trinajstić information content (AvgIpc) is 2.20. The summed E-state index contributed by atoms with van der Waals surface area (Å²) in [5, 5.41) is 0. The molecule has 1 rings (SSSR count). The molecule has 0 saturated heterocycles. The molecule has 1 aromatic rings. The van der Waals surface area contributed by atoms with Gasteiger partial charge in [-0.05, 0) is 38.5 Å². The van der Waals surface area contributed by atoms with E-state index in [0.717, 1.165) is 10.2 Å². The maximum atomic E-state index is 6.13. The Morgan fingerprint density at radius 2 is 1.48 bits per heavy atom. The van der Waals surface area contributed by atoms with Crippen LogP contribution in [0.25, 0.3) is 0 Å². The van der Waals surface area contributed by atoms with Crippen LogP contribution in [-0.4, -0.2) is 22.6 Å². The van der Waals surface area contributed by atoms with Gasteiger partial charge in [-0.1, -0.05) is 55.2 Å². The fourth-order valence-electron chi connectivity index (χ4n) is 2.90. The van der Waals surface area contributed by atoms with Crippen molar-refractivity contribution in [3.63, 3.8) is 0 Å². The summed E-state index contributed by atoms with van der Waals surface area (Å²) < 4.78 is 9.96. The molecule has 2 nitrogen and oxygen atoms in total. The standard InChI is InChI=1S/C16H30BrNOSi2/c1-12(2)19-16-11-14(17)13(3)10-15(16)18(20(4,5)6)21(7,8)9/h10-12H,1-9H3. The van der Waals surface area contributed by atoms with E-state index in [4.69, 9.17) is 4.74 Å². The van der Waals surface area contributed by atoms with Crippen molar-refractivity contribution in [3.8, 4) is 5.75 Å². The van der Waals surface area contributed by atoms with Crippen LogP contribution in [0.15, 0.2) is 16.6 Å². The number of rotatable bonds is 5. The summed E-state index contributed by atoms with van der Waals surface area (Å²) in [5.74, 6) is 1.01. The van der Waals surface area contributed by atoms with Crippen LogP contribution < -0.4 is 8.97 Å². The normalized spacial score (nSPS) is 12.7. The number of hydrogen-bond acceptors (Lipinski definition) is 2. The molecule has 0 aliphatic rings. The van der Waals surface area contributed by atoms with E-state index < -0.39 is 16.5 Å². The van der Waals surface area contributed by atoms with Crippen molar-refractivity contribution < 1.29 is 4.74 Å². The monoisotopic (exact) mass is 387 g/mol. The number of ether oxygens (including phenoxy) is 1. The van der Waals surface area contributed by atoms with Gasteiger partial charge in [-0.25, -0.2) is 0 Å². The van der Waals surface area contributed by atoms with E-state index in [9.17, 15) is 0 Å². The highest BCUT2D eigenvalue weighted by atomic mass is 79.9. The van der Waals surface area contributed by atoms with E-state index in [1.165, 1.54) is 11.3 Å². The number of nitrogens with zero attached hydrogens (tertiary/aromatic N) is 1. The lowest BCUT2D eigenvalue weighted by molar-refractivity contribution is 0.243.